The zero-order valence-electron chi connectivity index (χ0n) is 16.2. The van der Waals surface area contributed by atoms with Crippen molar-refractivity contribution < 1.29 is 9.90 Å². The summed E-state index contributed by atoms with van der Waals surface area (Å²) in [6.45, 7) is 7.03. The van der Waals surface area contributed by atoms with Gasteiger partial charge in [-0.2, -0.15) is 0 Å². The van der Waals surface area contributed by atoms with Crippen molar-refractivity contribution in [3.63, 3.8) is 0 Å². The van der Waals surface area contributed by atoms with E-state index in [4.69, 9.17) is 0 Å². The summed E-state index contributed by atoms with van der Waals surface area (Å²) in [6.07, 6.45) is 10.7. The predicted molar refractivity (Wildman–Crippen MR) is 105 cm³/mol. The molecule has 0 saturated heterocycles. The van der Waals surface area contributed by atoms with Crippen molar-refractivity contribution in [2.75, 3.05) is 5.33 Å². The fraction of sp³-hybridized carbons (Fsp3) is 0.955. The first-order chi connectivity index (χ1) is 11.7. The molecule has 0 aromatic carbocycles. The number of hydrogen-bond acceptors (Lipinski definition) is 2. The van der Waals surface area contributed by atoms with E-state index in [0.717, 1.165) is 37.0 Å². The SMILES string of the molecule is CC1(O)CC[C@@]2(C)[C@H](CC[C@@H]3[C@@H]2CC[C@]2(C)[C@@H](C(=O)CBr)CC[C@@H]32)C1. The lowest BCUT2D eigenvalue weighted by Crippen LogP contribution is -2.55. The first-order valence-corrected chi connectivity index (χ1v) is 11.6. The Morgan fingerprint density at radius 2 is 1.68 bits per heavy atom. The minimum absolute atomic E-state index is 0.245. The van der Waals surface area contributed by atoms with Gasteiger partial charge >= 0.3 is 0 Å². The Morgan fingerprint density at radius 1 is 0.960 bits per heavy atom. The van der Waals surface area contributed by atoms with Gasteiger partial charge in [0.15, 0.2) is 0 Å². The first kappa shape index (κ1) is 18.5. The quantitative estimate of drug-likeness (QED) is 0.621. The Labute approximate surface area is 161 Å². The van der Waals surface area contributed by atoms with Gasteiger partial charge in [0.25, 0.3) is 0 Å². The highest BCUT2D eigenvalue weighted by Gasteiger charge is 2.61. The van der Waals surface area contributed by atoms with Crippen molar-refractivity contribution in [1.29, 1.82) is 0 Å². The largest absolute Gasteiger partial charge is 0.390 e. The molecule has 0 heterocycles. The molecule has 0 aromatic rings. The van der Waals surface area contributed by atoms with Crippen LogP contribution in [0.5, 0.6) is 0 Å². The highest BCUT2D eigenvalue weighted by molar-refractivity contribution is 9.09. The maximum absolute atomic E-state index is 12.5. The number of carbonyl (C=O) groups is 1. The van der Waals surface area contributed by atoms with Crippen molar-refractivity contribution in [3.05, 3.63) is 0 Å². The Balaban J connectivity index is 1.59. The van der Waals surface area contributed by atoms with Gasteiger partial charge in [0.05, 0.1) is 10.9 Å². The van der Waals surface area contributed by atoms with E-state index >= 15 is 0 Å². The third kappa shape index (κ3) is 2.70. The number of alkyl halides is 1. The fourth-order valence-electron chi connectivity index (χ4n) is 8.05. The van der Waals surface area contributed by atoms with Gasteiger partial charge in [-0.15, -0.1) is 0 Å². The lowest BCUT2D eigenvalue weighted by Gasteiger charge is -2.61. The smallest absolute Gasteiger partial charge is 0.147 e. The average molecular weight is 411 g/mol. The van der Waals surface area contributed by atoms with Gasteiger partial charge in [-0.05, 0) is 99.2 Å². The topological polar surface area (TPSA) is 37.3 Å². The number of aliphatic hydroxyl groups is 1. The lowest BCUT2D eigenvalue weighted by atomic mass is 9.44. The van der Waals surface area contributed by atoms with Crippen LogP contribution in [0.15, 0.2) is 0 Å². The molecule has 142 valence electrons. The van der Waals surface area contributed by atoms with E-state index in [1.807, 2.05) is 6.92 Å². The van der Waals surface area contributed by atoms with Gasteiger partial charge < -0.3 is 5.11 Å². The first-order valence-electron chi connectivity index (χ1n) is 10.5. The fourth-order valence-corrected chi connectivity index (χ4v) is 8.44. The van der Waals surface area contributed by atoms with E-state index in [0.29, 0.717) is 22.4 Å². The maximum Gasteiger partial charge on any atom is 0.147 e. The molecule has 4 rings (SSSR count). The monoisotopic (exact) mass is 410 g/mol. The minimum Gasteiger partial charge on any atom is -0.390 e. The van der Waals surface area contributed by atoms with Crippen LogP contribution in [0.3, 0.4) is 0 Å². The van der Waals surface area contributed by atoms with Crippen LogP contribution in [-0.2, 0) is 4.79 Å². The molecule has 4 fully saturated rings. The molecule has 2 nitrogen and oxygen atoms in total. The molecule has 0 spiro atoms. The van der Waals surface area contributed by atoms with Crippen molar-refractivity contribution in [1.82, 2.24) is 0 Å². The summed E-state index contributed by atoms with van der Waals surface area (Å²) < 4.78 is 0. The number of halogens is 1. The van der Waals surface area contributed by atoms with Crippen LogP contribution in [0.4, 0.5) is 0 Å². The molecule has 0 aliphatic heterocycles. The molecule has 1 N–H and O–H groups in total. The molecular weight excluding hydrogens is 376 g/mol. The van der Waals surface area contributed by atoms with Gasteiger partial charge in [-0.3, -0.25) is 4.79 Å². The molecule has 0 amide bonds. The average Bonchev–Trinajstić information content (AvgIpc) is 2.92. The number of carbonyl (C=O) groups excluding carboxylic acids is 1. The summed E-state index contributed by atoms with van der Waals surface area (Å²) in [7, 11) is 0. The van der Waals surface area contributed by atoms with Gasteiger partial charge in [0.2, 0.25) is 0 Å². The molecule has 1 unspecified atom stereocenters. The highest BCUT2D eigenvalue weighted by Crippen LogP contribution is 2.68. The molecule has 4 aliphatic rings. The summed E-state index contributed by atoms with van der Waals surface area (Å²) >= 11 is 3.43. The number of fused-ring (bicyclic) bond motifs is 5. The van der Waals surface area contributed by atoms with Crippen molar-refractivity contribution in [2.45, 2.75) is 84.2 Å². The summed E-state index contributed by atoms with van der Waals surface area (Å²) in [5.41, 5.74) is 0.223. The summed E-state index contributed by atoms with van der Waals surface area (Å²) in [4.78, 5) is 12.5. The molecule has 4 aliphatic carbocycles. The van der Waals surface area contributed by atoms with Crippen LogP contribution < -0.4 is 0 Å². The molecule has 0 bridgehead atoms. The van der Waals surface area contributed by atoms with Crippen molar-refractivity contribution in [2.24, 2.45) is 40.4 Å². The normalized spacial score (nSPS) is 55.2. The van der Waals surface area contributed by atoms with Gasteiger partial charge in [0.1, 0.15) is 5.78 Å². The summed E-state index contributed by atoms with van der Waals surface area (Å²) in [5, 5.41) is 11.1. The molecule has 0 radical (unpaired) electrons. The Bertz CT molecular complexity index is 558. The van der Waals surface area contributed by atoms with Crippen LogP contribution in [0.2, 0.25) is 0 Å². The number of rotatable bonds is 2. The third-order valence-electron chi connectivity index (χ3n) is 9.47. The Kier molecular flexibility index (Phi) is 4.47. The number of hydrogen-bond donors (Lipinski definition) is 1. The van der Waals surface area contributed by atoms with Crippen LogP contribution >= 0.6 is 15.9 Å². The highest BCUT2D eigenvalue weighted by atomic mass is 79.9. The number of ketones is 1. The van der Waals surface area contributed by atoms with Gasteiger partial charge in [-0.1, -0.05) is 29.8 Å². The van der Waals surface area contributed by atoms with Crippen molar-refractivity contribution in [3.8, 4) is 0 Å². The van der Waals surface area contributed by atoms with Gasteiger partial charge in [0, 0.05) is 5.92 Å². The van der Waals surface area contributed by atoms with E-state index in [-0.39, 0.29) is 11.3 Å². The lowest BCUT2D eigenvalue weighted by molar-refractivity contribution is -0.150. The van der Waals surface area contributed by atoms with E-state index < -0.39 is 5.60 Å². The van der Waals surface area contributed by atoms with E-state index in [9.17, 15) is 9.90 Å². The molecular formula is C22H35BrO2. The predicted octanol–water partition coefficient (Wildman–Crippen LogP) is 5.36. The number of Topliss-reactive ketones (excluding diaryl/α,β-unsaturated/α-hetero) is 1. The van der Waals surface area contributed by atoms with Crippen LogP contribution in [0.25, 0.3) is 0 Å². The second-order valence-electron chi connectivity index (χ2n) is 10.6. The van der Waals surface area contributed by atoms with Crippen LogP contribution in [0, 0.1) is 40.4 Å². The second kappa shape index (κ2) is 6.06. The van der Waals surface area contributed by atoms with Crippen molar-refractivity contribution >= 4 is 21.7 Å². The van der Waals surface area contributed by atoms with Crippen LogP contribution in [0.1, 0.15) is 78.6 Å². The molecule has 4 saturated carbocycles. The molecule has 8 atom stereocenters. The summed E-state index contributed by atoms with van der Waals surface area (Å²) in [6, 6.07) is 0. The zero-order valence-corrected chi connectivity index (χ0v) is 17.8. The maximum atomic E-state index is 12.5. The summed E-state index contributed by atoms with van der Waals surface area (Å²) in [5.74, 6) is 3.81. The van der Waals surface area contributed by atoms with Gasteiger partial charge in [-0.25, -0.2) is 0 Å². The van der Waals surface area contributed by atoms with Crippen LogP contribution in [-0.4, -0.2) is 21.8 Å². The zero-order chi connectivity index (χ0) is 18.0. The van der Waals surface area contributed by atoms with E-state index in [1.165, 1.54) is 38.5 Å². The van der Waals surface area contributed by atoms with E-state index in [1.54, 1.807) is 0 Å². The molecule has 25 heavy (non-hydrogen) atoms. The minimum atomic E-state index is -0.444. The Morgan fingerprint density at radius 3 is 2.40 bits per heavy atom. The standard InChI is InChI=1S/C22H35BrO2/c1-20(25)10-11-21(2)14(12-20)4-5-15-16-6-7-18(19(24)13-23)22(16,3)9-8-17(15)21/h14-18,25H,4-13H2,1-3H3/t14-,15+,16+,17+,18-,20?,21+,22+/m1/s1. The third-order valence-corrected chi connectivity index (χ3v) is 10.0. The molecule has 0 aromatic heterocycles. The Hall–Kier alpha value is 0.110. The van der Waals surface area contributed by atoms with E-state index in [2.05, 4.69) is 29.8 Å². The second-order valence-corrected chi connectivity index (χ2v) is 11.2. The molecule has 3 heteroatoms.